The van der Waals surface area contributed by atoms with E-state index in [4.69, 9.17) is 0 Å². The minimum Gasteiger partial charge on any atom is -0.0622 e. The number of rotatable bonds is 2. The zero-order chi connectivity index (χ0) is 22.5. The lowest BCUT2D eigenvalue weighted by molar-refractivity contribution is 1.63. The van der Waals surface area contributed by atoms with Crippen LogP contribution in [0.2, 0.25) is 0 Å². The highest BCUT2D eigenvalue weighted by Gasteiger charge is 2.18. The summed E-state index contributed by atoms with van der Waals surface area (Å²) in [6, 6.07) is 48.6. The van der Waals surface area contributed by atoms with Crippen molar-refractivity contribution in [2.45, 2.75) is 0 Å². The quantitative estimate of drug-likeness (QED) is 0.189. The molecule has 0 heteroatoms. The van der Waals surface area contributed by atoms with Gasteiger partial charge in [-0.25, -0.2) is 0 Å². The second kappa shape index (κ2) is 7.57. The van der Waals surface area contributed by atoms with E-state index in [1.807, 2.05) is 0 Å². The molecule has 0 bridgehead atoms. The Kier molecular flexibility index (Phi) is 4.25. The van der Waals surface area contributed by atoms with Crippen LogP contribution in [0.4, 0.5) is 0 Å². The van der Waals surface area contributed by atoms with Gasteiger partial charge in [0, 0.05) is 0 Å². The van der Waals surface area contributed by atoms with E-state index in [0.717, 1.165) is 0 Å². The Hall–Kier alpha value is -4.42. The van der Waals surface area contributed by atoms with Crippen LogP contribution in [0.15, 0.2) is 133 Å². The Labute approximate surface area is 198 Å². The van der Waals surface area contributed by atoms with E-state index >= 15 is 0 Å². The summed E-state index contributed by atoms with van der Waals surface area (Å²) in [5.74, 6) is 0. The first-order valence-electron chi connectivity index (χ1n) is 11.8. The van der Waals surface area contributed by atoms with Crippen LogP contribution < -0.4 is 0 Å². The van der Waals surface area contributed by atoms with Gasteiger partial charge in [-0.3, -0.25) is 0 Å². The minimum absolute atomic E-state index is 1.25. The first-order valence-corrected chi connectivity index (χ1v) is 11.8. The van der Waals surface area contributed by atoms with Crippen LogP contribution in [0.1, 0.15) is 0 Å². The third-order valence-electron chi connectivity index (χ3n) is 6.98. The van der Waals surface area contributed by atoms with Crippen LogP contribution in [-0.2, 0) is 0 Å². The maximum atomic E-state index is 2.38. The maximum Gasteiger partial charge on any atom is -0.00201 e. The highest BCUT2D eigenvalue weighted by Crippen LogP contribution is 2.46. The summed E-state index contributed by atoms with van der Waals surface area (Å²) in [5, 5.41) is 10.3. The Morgan fingerprint density at radius 2 is 0.559 bits per heavy atom. The molecule has 7 aromatic rings. The lowest BCUT2D eigenvalue weighted by atomic mass is 9.83. The van der Waals surface area contributed by atoms with E-state index in [0.29, 0.717) is 0 Å². The molecule has 0 atom stereocenters. The second-order valence-corrected chi connectivity index (χ2v) is 8.97. The van der Waals surface area contributed by atoms with Gasteiger partial charge in [0.1, 0.15) is 0 Å². The lowest BCUT2D eigenvalue weighted by Gasteiger charge is -2.20. The van der Waals surface area contributed by atoms with Crippen molar-refractivity contribution in [2.24, 2.45) is 0 Å². The molecule has 7 rings (SSSR count). The van der Waals surface area contributed by atoms with Gasteiger partial charge in [-0.2, -0.15) is 0 Å². The van der Waals surface area contributed by atoms with Crippen LogP contribution >= 0.6 is 0 Å². The molecule has 34 heavy (non-hydrogen) atoms. The van der Waals surface area contributed by atoms with Crippen molar-refractivity contribution in [3.63, 3.8) is 0 Å². The number of hydrogen-bond donors (Lipinski definition) is 0. The first kappa shape index (κ1) is 19.1. The van der Waals surface area contributed by atoms with Crippen molar-refractivity contribution in [1.82, 2.24) is 0 Å². The Morgan fingerprint density at radius 3 is 0.912 bits per heavy atom. The molecule has 0 aliphatic heterocycles. The van der Waals surface area contributed by atoms with Crippen LogP contribution in [-0.4, -0.2) is 0 Å². The largest absolute Gasteiger partial charge is 0.0622 e. The smallest absolute Gasteiger partial charge is 0.00201 e. The fourth-order valence-electron chi connectivity index (χ4n) is 5.42. The SMILES string of the molecule is c1ccc(-c2c(-c3ccccc3)c3cc4ccccc4cc3c3cc4ccccc4cc23)cc1. The fraction of sp³-hybridized carbons (Fsp3) is 0. The van der Waals surface area contributed by atoms with Crippen molar-refractivity contribution in [3.8, 4) is 22.3 Å². The molecule has 0 saturated heterocycles. The van der Waals surface area contributed by atoms with Gasteiger partial charge in [0.2, 0.25) is 0 Å². The summed E-state index contributed by atoms with van der Waals surface area (Å²) < 4.78 is 0. The van der Waals surface area contributed by atoms with E-state index in [9.17, 15) is 0 Å². The maximum absolute atomic E-state index is 2.38. The average Bonchev–Trinajstić information content (AvgIpc) is 2.91. The monoisotopic (exact) mass is 430 g/mol. The number of benzene rings is 7. The van der Waals surface area contributed by atoms with E-state index < -0.39 is 0 Å². The van der Waals surface area contributed by atoms with E-state index in [1.54, 1.807) is 0 Å². The third kappa shape index (κ3) is 2.93. The third-order valence-corrected chi connectivity index (χ3v) is 6.98. The molecule has 0 radical (unpaired) electrons. The van der Waals surface area contributed by atoms with Crippen molar-refractivity contribution in [3.05, 3.63) is 133 Å². The van der Waals surface area contributed by atoms with Crippen LogP contribution in [0.25, 0.3) is 65.3 Å². The van der Waals surface area contributed by atoms with Crippen LogP contribution in [0, 0.1) is 0 Å². The van der Waals surface area contributed by atoms with Crippen LogP contribution in [0.5, 0.6) is 0 Å². The molecule has 158 valence electrons. The molecule has 0 unspecified atom stereocenters. The predicted molar refractivity (Wildman–Crippen MR) is 147 cm³/mol. The molecule has 0 saturated carbocycles. The first-order chi connectivity index (χ1) is 16.9. The van der Waals surface area contributed by atoms with Gasteiger partial charge < -0.3 is 0 Å². The van der Waals surface area contributed by atoms with Gasteiger partial charge in [-0.1, -0.05) is 109 Å². The summed E-state index contributed by atoms with van der Waals surface area (Å²) >= 11 is 0. The molecule has 0 amide bonds. The molecular weight excluding hydrogens is 408 g/mol. The average molecular weight is 431 g/mol. The fourth-order valence-corrected chi connectivity index (χ4v) is 5.42. The van der Waals surface area contributed by atoms with Gasteiger partial charge in [-0.15, -0.1) is 0 Å². The van der Waals surface area contributed by atoms with Gasteiger partial charge in [0.15, 0.2) is 0 Å². The van der Waals surface area contributed by atoms with Crippen molar-refractivity contribution < 1.29 is 0 Å². The molecule has 0 fully saturated rings. The summed E-state index contributed by atoms with van der Waals surface area (Å²) in [6.45, 7) is 0. The highest BCUT2D eigenvalue weighted by atomic mass is 14.2. The topological polar surface area (TPSA) is 0 Å². The lowest BCUT2D eigenvalue weighted by Crippen LogP contribution is -1.92. The van der Waals surface area contributed by atoms with Crippen LogP contribution in [0.3, 0.4) is 0 Å². The second-order valence-electron chi connectivity index (χ2n) is 8.97. The zero-order valence-corrected chi connectivity index (χ0v) is 18.7. The van der Waals surface area contributed by atoms with Crippen molar-refractivity contribution in [1.29, 1.82) is 0 Å². The van der Waals surface area contributed by atoms with E-state index in [1.165, 1.54) is 65.3 Å². The number of fused-ring (bicyclic) bond motifs is 5. The van der Waals surface area contributed by atoms with Crippen molar-refractivity contribution in [2.75, 3.05) is 0 Å². The minimum atomic E-state index is 1.25. The molecule has 0 aliphatic carbocycles. The molecule has 0 aromatic heterocycles. The van der Waals surface area contributed by atoms with Gasteiger partial charge >= 0.3 is 0 Å². The molecular formula is C34H22. The highest BCUT2D eigenvalue weighted by molar-refractivity contribution is 6.25. The van der Waals surface area contributed by atoms with E-state index in [-0.39, 0.29) is 0 Å². The Balaban J connectivity index is 1.79. The normalized spacial score (nSPS) is 11.5. The number of hydrogen-bond acceptors (Lipinski definition) is 0. The Bertz CT molecular complexity index is 1690. The zero-order valence-electron chi connectivity index (χ0n) is 18.7. The summed E-state index contributed by atoms with van der Waals surface area (Å²) in [6.07, 6.45) is 0. The van der Waals surface area contributed by atoms with Crippen molar-refractivity contribution >= 4 is 43.1 Å². The summed E-state index contributed by atoms with van der Waals surface area (Å²) in [7, 11) is 0. The molecule has 0 N–H and O–H groups in total. The van der Waals surface area contributed by atoms with Gasteiger partial charge in [0.25, 0.3) is 0 Å². The standard InChI is InChI=1S/C34H22/c1-3-11-23(12-4-1)33-31-21-27-17-9-7-15-25(27)19-29(31)30-20-26-16-8-10-18-28(26)22-32(30)34(33)24-13-5-2-6-14-24/h1-22H. The summed E-state index contributed by atoms with van der Waals surface area (Å²) in [4.78, 5) is 0. The molecule has 0 heterocycles. The summed E-state index contributed by atoms with van der Waals surface area (Å²) in [5.41, 5.74) is 5.10. The van der Waals surface area contributed by atoms with Gasteiger partial charge in [0.05, 0.1) is 0 Å². The molecule has 0 spiro atoms. The molecule has 0 aliphatic rings. The molecule has 7 aromatic carbocycles. The predicted octanol–water partition coefficient (Wildman–Crippen LogP) is 9.63. The Morgan fingerprint density at radius 1 is 0.265 bits per heavy atom. The van der Waals surface area contributed by atoms with Gasteiger partial charge in [-0.05, 0) is 89.6 Å². The van der Waals surface area contributed by atoms with E-state index in [2.05, 4.69) is 133 Å². The molecule has 0 nitrogen and oxygen atoms in total.